The molecule has 0 unspecified atom stereocenters. The molecule has 1 aromatic carbocycles. The van der Waals surface area contributed by atoms with Crippen molar-refractivity contribution in [3.63, 3.8) is 0 Å². The van der Waals surface area contributed by atoms with E-state index >= 15 is 0 Å². The highest BCUT2D eigenvalue weighted by Gasteiger charge is 2.06. The molecule has 6 heteroatoms. The Hall–Kier alpha value is -1.69. The molecule has 0 radical (unpaired) electrons. The second kappa shape index (κ2) is 6.30. The Kier molecular flexibility index (Phi) is 4.46. The van der Waals surface area contributed by atoms with Crippen molar-refractivity contribution in [1.82, 2.24) is 0 Å². The number of guanidine groups is 1. The molecule has 0 aliphatic carbocycles. The molecule has 1 aliphatic rings. The first-order valence-corrected chi connectivity index (χ1v) is 6.81. The van der Waals surface area contributed by atoms with E-state index < -0.39 is 0 Å². The van der Waals surface area contributed by atoms with Gasteiger partial charge in [0.05, 0.1) is 6.54 Å². The third kappa shape index (κ3) is 3.96. The lowest BCUT2D eigenvalue weighted by molar-refractivity contribution is 0.962. The molecule has 5 nitrogen and oxygen atoms in total. The number of nitrogens with zero attached hydrogens (tertiary/aromatic N) is 2. The smallest absolute Gasteiger partial charge is 0.185 e. The number of nitrogens with two attached hydrogens (primary N) is 2. The number of benzene rings is 1. The Morgan fingerprint density at radius 2 is 2.11 bits per heavy atom. The SMILES string of the molecule is NC(N)=NCCc1ccc(NC2=NCCS2)cc1. The molecule has 0 atom stereocenters. The van der Waals surface area contributed by atoms with Gasteiger partial charge < -0.3 is 16.8 Å². The summed E-state index contributed by atoms with van der Waals surface area (Å²) in [7, 11) is 0. The van der Waals surface area contributed by atoms with Crippen LogP contribution in [-0.2, 0) is 6.42 Å². The number of aliphatic imine (C=N–C) groups is 2. The number of amidine groups is 1. The molecule has 0 bridgehead atoms. The van der Waals surface area contributed by atoms with Gasteiger partial charge in [0, 0.05) is 18.0 Å². The predicted octanol–water partition coefficient (Wildman–Crippen LogP) is 1.02. The van der Waals surface area contributed by atoms with E-state index in [2.05, 4.69) is 27.4 Å². The van der Waals surface area contributed by atoms with Crippen LogP contribution in [0.5, 0.6) is 0 Å². The van der Waals surface area contributed by atoms with Gasteiger partial charge in [0.15, 0.2) is 11.1 Å². The van der Waals surface area contributed by atoms with Crippen LogP contribution in [0.3, 0.4) is 0 Å². The van der Waals surface area contributed by atoms with Crippen molar-refractivity contribution in [3.8, 4) is 0 Å². The summed E-state index contributed by atoms with van der Waals surface area (Å²) in [6.45, 7) is 1.53. The normalized spacial score (nSPS) is 14.1. The van der Waals surface area contributed by atoms with Gasteiger partial charge in [-0.1, -0.05) is 23.9 Å². The summed E-state index contributed by atoms with van der Waals surface area (Å²) in [6.07, 6.45) is 0.841. The van der Waals surface area contributed by atoms with Crippen LogP contribution in [0.15, 0.2) is 34.3 Å². The average Bonchev–Trinajstić information content (AvgIpc) is 2.84. The summed E-state index contributed by atoms with van der Waals surface area (Å²) < 4.78 is 0. The van der Waals surface area contributed by atoms with Gasteiger partial charge in [-0.15, -0.1) is 0 Å². The second-order valence-corrected chi connectivity index (χ2v) is 5.00. The maximum Gasteiger partial charge on any atom is 0.185 e. The van der Waals surface area contributed by atoms with Gasteiger partial charge in [-0.05, 0) is 24.1 Å². The van der Waals surface area contributed by atoms with E-state index in [0.29, 0.717) is 6.54 Å². The molecular formula is C12H17N5S. The Morgan fingerprint density at radius 3 is 2.72 bits per heavy atom. The van der Waals surface area contributed by atoms with Crippen LogP contribution >= 0.6 is 11.8 Å². The molecule has 1 heterocycles. The summed E-state index contributed by atoms with van der Waals surface area (Å²) in [5.41, 5.74) is 12.8. The Bertz CT molecular complexity index is 448. The molecule has 0 saturated heterocycles. The Morgan fingerprint density at radius 1 is 1.33 bits per heavy atom. The van der Waals surface area contributed by atoms with E-state index in [1.165, 1.54) is 5.56 Å². The van der Waals surface area contributed by atoms with Gasteiger partial charge in [0.25, 0.3) is 0 Å². The quantitative estimate of drug-likeness (QED) is 0.559. The summed E-state index contributed by atoms with van der Waals surface area (Å²) in [4.78, 5) is 8.30. The van der Waals surface area contributed by atoms with E-state index in [1.54, 1.807) is 11.8 Å². The minimum absolute atomic E-state index is 0.143. The van der Waals surface area contributed by atoms with Crippen molar-refractivity contribution in [2.45, 2.75) is 6.42 Å². The van der Waals surface area contributed by atoms with Crippen LogP contribution in [0.1, 0.15) is 5.56 Å². The maximum atomic E-state index is 5.27. The molecule has 0 saturated carbocycles. The van der Waals surface area contributed by atoms with Gasteiger partial charge in [0.2, 0.25) is 0 Å². The zero-order valence-corrected chi connectivity index (χ0v) is 10.9. The third-order valence-electron chi connectivity index (χ3n) is 2.49. The standard InChI is InChI=1S/C12H17N5S/c13-11(14)15-6-5-9-1-3-10(4-2-9)17-12-16-7-8-18-12/h1-4H,5-8H2,(H,16,17)(H4,13,14,15). The van der Waals surface area contributed by atoms with Crippen molar-refractivity contribution in [1.29, 1.82) is 0 Å². The van der Waals surface area contributed by atoms with Gasteiger partial charge >= 0.3 is 0 Å². The zero-order valence-electron chi connectivity index (χ0n) is 10.1. The molecule has 1 aliphatic heterocycles. The fourth-order valence-corrected chi connectivity index (χ4v) is 2.35. The minimum Gasteiger partial charge on any atom is -0.370 e. The fraction of sp³-hybridized carbons (Fsp3) is 0.333. The molecule has 0 fully saturated rings. The minimum atomic E-state index is 0.143. The molecule has 5 N–H and O–H groups in total. The fourth-order valence-electron chi connectivity index (χ4n) is 1.60. The van der Waals surface area contributed by atoms with Gasteiger partial charge in [-0.2, -0.15) is 0 Å². The van der Waals surface area contributed by atoms with Crippen LogP contribution in [0, 0.1) is 0 Å². The Balaban J connectivity index is 1.87. The summed E-state index contributed by atoms with van der Waals surface area (Å²) >= 11 is 1.75. The van der Waals surface area contributed by atoms with Crippen LogP contribution in [0.4, 0.5) is 5.69 Å². The average molecular weight is 263 g/mol. The molecule has 0 spiro atoms. The maximum absolute atomic E-state index is 5.27. The predicted molar refractivity (Wildman–Crippen MR) is 79.2 cm³/mol. The molecule has 1 aromatic rings. The third-order valence-corrected chi connectivity index (χ3v) is 3.38. The van der Waals surface area contributed by atoms with Crippen molar-refractivity contribution >= 4 is 28.6 Å². The van der Waals surface area contributed by atoms with Crippen LogP contribution in [0.2, 0.25) is 0 Å². The van der Waals surface area contributed by atoms with Crippen LogP contribution < -0.4 is 16.8 Å². The lowest BCUT2D eigenvalue weighted by Crippen LogP contribution is -2.23. The highest BCUT2D eigenvalue weighted by Crippen LogP contribution is 2.16. The van der Waals surface area contributed by atoms with Crippen molar-refractivity contribution < 1.29 is 0 Å². The van der Waals surface area contributed by atoms with Crippen molar-refractivity contribution in [3.05, 3.63) is 29.8 Å². The number of hydrogen-bond donors (Lipinski definition) is 3. The first-order chi connectivity index (χ1) is 8.74. The largest absolute Gasteiger partial charge is 0.370 e. The molecule has 96 valence electrons. The topological polar surface area (TPSA) is 88.8 Å². The van der Waals surface area contributed by atoms with E-state index in [0.717, 1.165) is 29.6 Å². The van der Waals surface area contributed by atoms with Gasteiger partial charge in [-0.3, -0.25) is 9.98 Å². The van der Waals surface area contributed by atoms with E-state index in [4.69, 9.17) is 11.5 Å². The van der Waals surface area contributed by atoms with Crippen LogP contribution in [-0.4, -0.2) is 30.0 Å². The lowest BCUT2D eigenvalue weighted by Gasteiger charge is -2.06. The van der Waals surface area contributed by atoms with Gasteiger partial charge in [0.1, 0.15) is 0 Å². The molecule has 0 aromatic heterocycles. The van der Waals surface area contributed by atoms with Crippen LogP contribution in [0.25, 0.3) is 0 Å². The number of anilines is 1. The summed E-state index contributed by atoms with van der Waals surface area (Å²) in [6, 6.07) is 8.24. The summed E-state index contributed by atoms with van der Waals surface area (Å²) in [5.74, 6) is 1.21. The lowest BCUT2D eigenvalue weighted by atomic mass is 10.1. The molecular weight excluding hydrogens is 246 g/mol. The highest BCUT2D eigenvalue weighted by atomic mass is 32.2. The Labute approximate surface area is 111 Å². The highest BCUT2D eigenvalue weighted by molar-refractivity contribution is 8.14. The monoisotopic (exact) mass is 263 g/mol. The van der Waals surface area contributed by atoms with E-state index in [-0.39, 0.29) is 5.96 Å². The molecule has 2 rings (SSSR count). The van der Waals surface area contributed by atoms with Gasteiger partial charge in [-0.25, -0.2) is 0 Å². The van der Waals surface area contributed by atoms with E-state index in [1.807, 2.05) is 12.1 Å². The van der Waals surface area contributed by atoms with Crippen molar-refractivity contribution in [2.75, 3.05) is 24.2 Å². The zero-order chi connectivity index (χ0) is 12.8. The number of thioether (sulfide) groups is 1. The first-order valence-electron chi connectivity index (χ1n) is 5.82. The number of hydrogen-bond acceptors (Lipinski definition) is 4. The second-order valence-electron chi connectivity index (χ2n) is 3.91. The summed E-state index contributed by atoms with van der Waals surface area (Å²) in [5, 5.41) is 4.29. The number of rotatable bonds is 4. The molecule has 18 heavy (non-hydrogen) atoms. The van der Waals surface area contributed by atoms with E-state index in [9.17, 15) is 0 Å². The number of nitrogens with one attached hydrogen (secondary N) is 1. The first kappa shape index (κ1) is 12.8. The van der Waals surface area contributed by atoms with Crippen molar-refractivity contribution in [2.24, 2.45) is 21.5 Å². The molecule has 0 amide bonds.